The molecule has 2 aliphatic rings. The first-order valence-electron chi connectivity index (χ1n) is 15.7. The van der Waals surface area contributed by atoms with Crippen molar-refractivity contribution >= 4 is 50.1 Å². The van der Waals surface area contributed by atoms with E-state index in [1.807, 2.05) is 48.5 Å². The highest BCUT2D eigenvalue weighted by Crippen LogP contribution is 2.37. The average molecular weight is 656 g/mol. The third kappa shape index (κ3) is 6.86. The van der Waals surface area contributed by atoms with Crippen molar-refractivity contribution in [1.29, 1.82) is 0 Å². The number of nitrogens with one attached hydrogen (secondary N) is 1. The van der Waals surface area contributed by atoms with Crippen LogP contribution in [0.1, 0.15) is 59.3 Å². The van der Waals surface area contributed by atoms with Gasteiger partial charge < -0.3 is 19.5 Å². The highest BCUT2D eigenvalue weighted by atomic mass is 32.2. The van der Waals surface area contributed by atoms with E-state index in [1.165, 1.54) is 29.6 Å². The smallest absolute Gasteiger partial charge is 0.339 e. The lowest BCUT2D eigenvalue weighted by molar-refractivity contribution is -0.119. The topological polar surface area (TPSA) is 124 Å². The first kappa shape index (κ1) is 32.2. The number of allylic oxidation sites excluding steroid dienone is 1. The minimum atomic E-state index is -3.74. The van der Waals surface area contributed by atoms with E-state index in [0.29, 0.717) is 36.0 Å². The van der Waals surface area contributed by atoms with E-state index < -0.39 is 28.5 Å². The number of hydrogen-bond donors (Lipinski definition) is 1. The fourth-order valence-electron chi connectivity index (χ4n) is 6.20. The predicted molar refractivity (Wildman–Crippen MR) is 180 cm³/mol. The van der Waals surface area contributed by atoms with Crippen LogP contribution < -0.4 is 14.8 Å². The molecule has 10 nitrogen and oxygen atoms in total. The summed E-state index contributed by atoms with van der Waals surface area (Å²) < 4.78 is 44.3. The number of ether oxygens (including phenoxy) is 3. The van der Waals surface area contributed by atoms with Gasteiger partial charge in [-0.2, -0.15) is 4.31 Å². The minimum absolute atomic E-state index is 0.0564. The Kier molecular flexibility index (Phi) is 9.55. The molecule has 1 amide bonds. The van der Waals surface area contributed by atoms with Gasteiger partial charge in [0.1, 0.15) is 11.5 Å². The molecule has 1 aliphatic carbocycles. The number of nitrogens with zero attached hydrogens (tertiary/aromatic N) is 2. The lowest BCUT2D eigenvalue weighted by Gasteiger charge is -2.26. The monoisotopic (exact) mass is 655 g/mol. The maximum absolute atomic E-state index is 13.7. The fraction of sp³-hybridized carbons (Fsp3) is 0.306. The Labute approximate surface area is 274 Å². The molecule has 0 unspecified atom stereocenters. The van der Waals surface area contributed by atoms with Gasteiger partial charge in [0.05, 0.1) is 41.6 Å². The van der Waals surface area contributed by atoms with Crippen LogP contribution in [0, 0.1) is 0 Å². The summed E-state index contributed by atoms with van der Waals surface area (Å²) in [4.78, 5) is 31.8. The maximum atomic E-state index is 13.7. The van der Waals surface area contributed by atoms with Crippen molar-refractivity contribution < 1.29 is 32.2 Å². The second-order valence-corrected chi connectivity index (χ2v) is 13.5. The minimum Gasteiger partial charge on any atom is -0.497 e. The number of esters is 1. The van der Waals surface area contributed by atoms with E-state index in [4.69, 9.17) is 19.2 Å². The van der Waals surface area contributed by atoms with Gasteiger partial charge in [0, 0.05) is 18.5 Å². The Hall–Kier alpha value is -4.74. The Bertz CT molecular complexity index is 1950. The summed E-state index contributed by atoms with van der Waals surface area (Å²) >= 11 is 0. The van der Waals surface area contributed by atoms with E-state index in [-0.39, 0.29) is 16.3 Å². The molecule has 0 spiro atoms. The number of hydrogen-bond acceptors (Lipinski definition) is 8. The van der Waals surface area contributed by atoms with Gasteiger partial charge in [-0.25, -0.2) is 18.2 Å². The Morgan fingerprint density at radius 3 is 2.43 bits per heavy atom. The normalized spacial score (nSPS) is 16.0. The molecule has 1 aliphatic heterocycles. The summed E-state index contributed by atoms with van der Waals surface area (Å²) in [7, 11) is -0.683. The van der Waals surface area contributed by atoms with Gasteiger partial charge in [0.2, 0.25) is 10.0 Å². The van der Waals surface area contributed by atoms with Crippen LogP contribution in [0.2, 0.25) is 0 Å². The van der Waals surface area contributed by atoms with E-state index in [9.17, 15) is 18.0 Å². The Balaban J connectivity index is 1.24. The number of methoxy groups -OCH3 is 2. The summed E-state index contributed by atoms with van der Waals surface area (Å²) in [6.07, 6.45) is 6.95. The number of fused-ring (bicyclic) bond motifs is 2. The van der Waals surface area contributed by atoms with Gasteiger partial charge in [0.25, 0.3) is 5.91 Å². The molecule has 244 valence electrons. The summed E-state index contributed by atoms with van der Waals surface area (Å²) in [5, 5.41) is 3.32. The van der Waals surface area contributed by atoms with Crippen molar-refractivity contribution in [3.63, 3.8) is 0 Å². The summed E-state index contributed by atoms with van der Waals surface area (Å²) in [6, 6.07) is 19.5. The van der Waals surface area contributed by atoms with Crippen molar-refractivity contribution in [3.05, 3.63) is 89.1 Å². The quantitative estimate of drug-likeness (QED) is 0.215. The highest BCUT2D eigenvalue weighted by molar-refractivity contribution is 7.89. The van der Waals surface area contributed by atoms with Crippen molar-refractivity contribution in [1.82, 2.24) is 9.29 Å². The number of benzene rings is 3. The van der Waals surface area contributed by atoms with Crippen molar-refractivity contribution in [2.45, 2.75) is 43.4 Å². The number of carbonyl (C=O) groups excluding carboxylic acids is 2. The number of aromatic nitrogens is 1. The van der Waals surface area contributed by atoms with Crippen LogP contribution in [-0.2, 0) is 26.0 Å². The Morgan fingerprint density at radius 2 is 1.68 bits per heavy atom. The van der Waals surface area contributed by atoms with Crippen LogP contribution in [0.25, 0.3) is 22.6 Å². The van der Waals surface area contributed by atoms with Gasteiger partial charge in [-0.05, 0) is 91.3 Å². The molecule has 1 fully saturated rings. The molecule has 2 heterocycles. The summed E-state index contributed by atoms with van der Waals surface area (Å²) in [6.45, 7) is 0.335. The lowest BCUT2D eigenvalue weighted by Crippen LogP contribution is -2.35. The van der Waals surface area contributed by atoms with Gasteiger partial charge in [-0.15, -0.1) is 0 Å². The molecule has 3 aromatic carbocycles. The summed E-state index contributed by atoms with van der Waals surface area (Å²) in [5.74, 6) is -0.207. The number of amides is 1. The third-order valence-electron chi connectivity index (χ3n) is 8.56. The van der Waals surface area contributed by atoms with Crippen LogP contribution in [0.5, 0.6) is 11.5 Å². The van der Waals surface area contributed by atoms with E-state index in [1.54, 1.807) is 7.11 Å². The molecule has 1 N–H and O–H groups in total. The van der Waals surface area contributed by atoms with Crippen molar-refractivity contribution in [3.8, 4) is 11.5 Å². The molecule has 1 aromatic heterocycles. The highest BCUT2D eigenvalue weighted by Gasteiger charge is 2.28. The second-order valence-electron chi connectivity index (χ2n) is 11.6. The molecule has 0 saturated carbocycles. The Morgan fingerprint density at radius 1 is 0.915 bits per heavy atom. The third-order valence-corrected chi connectivity index (χ3v) is 10.5. The standard InChI is InChI=1S/C36H37N3O7S/c1-44-26-15-13-24(14-16-26)21-25-9-8-11-29-34(28-10-4-5-12-30(28)38-35(25)29)36(41)46-23-33(40)37-31-22-27(17-18-32(31)45-2)47(42,43)39-19-6-3-7-20-39/h4-5,10,12-18,21-22H,3,6-9,11,19-20,23H2,1-2H3,(H,37,40)/b25-21-. The molecule has 6 rings (SSSR count). The average Bonchev–Trinajstić information content (AvgIpc) is 3.10. The molecule has 0 bridgehead atoms. The molecule has 47 heavy (non-hydrogen) atoms. The number of rotatable bonds is 9. The van der Waals surface area contributed by atoms with Crippen LogP contribution in [-0.4, -0.2) is 63.5 Å². The zero-order valence-corrected chi connectivity index (χ0v) is 27.3. The van der Waals surface area contributed by atoms with Crippen LogP contribution in [0.15, 0.2) is 71.6 Å². The van der Waals surface area contributed by atoms with Crippen LogP contribution >= 0.6 is 0 Å². The largest absolute Gasteiger partial charge is 0.497 e. The van der Waals surface area contributed by atoms with Crippen molar-refractivity contribution in [2.75, 3.05) is 39.2 Å². The molecular weight excluding hydrogens is 618 g/mol. The number of pyridine rings is 1. The van der Waals surface area contributed by atoms with E-state index in [0.717, 1.165) is 60.2 Å². The number of anilines is 1. The molecule has 1 saturated heterocycles. The number of sulfonamides is 1. The first-order valence-corrected chi connectivity index (χ1v) is 17.1. The van der Waals surface area contributed by atoms with Gasteiger partial charge in [-0.3, -0.25) is 4.79 Å². The van der Waals surface area contributed by atoms with Gasteiger partial charge in [-0.1, -0.05) is 36.8 Å². The van der Waals surface area contributed by atoms with E-state index in [2.05, 4.69) is 11.4 Å². The summed E-state index contributed by atoms with van der Waals surface area (Å²) in [5.41, 5.74) is 4.77. The maximum Gasteiger partial charge on any atom is 0.339 e. The molecule has 11 heteroatoms. The van der Waals surface area contributed by atoms with Gasteiger partial charge in [0.15, 0.2) is 6.61 Å². The SMILES string of the molecule is COc1ccc(/C=C2/CCCc3c2nc2ccccc2c3C(=O)OCC(=O)Nc2cc(S(=O)(=O)N3CCCCC3)ccc2OC)cc1. The number of piperidine rings is 1. The van der Waals surface area contributed by atoms with Gasteiger partial charge >= 0.3 is 5.97 Å². The molecule has 0 radical (unpaired) electrons. The zero-order chi connectivity index (χ0) is 33.0. The second kappa shape index (κ2) is 13.9. The molecular formula is C36H37N3O7S. The zero-order valence-electron chi connectivity index (χ0n) is 26.5. The van der Waals surface area contributed by atoms with E-state index >= 15 is 0 Å². The fourth-order valence-corrected chi connectivity index (χ4v) is 7.74. The van der Waals surface area contributed by atoms with Crippen LogP contribution in [0.3, 0.4) is 0 Å². The first-order chi connectivity index (χ1) is 22.8. The van der Waals surface area contributed by atoms with Crippen molar-refractivity contribution in [2.24, 2.45) is 0 Å². The molecule has 4 aromatic rings. The number of carbonyl (C=O) groups is 2. The lowest BCUT2D eigenvalue weighted by atomic mass is 9.86. The molecule has 0 atom stereocenters. The van der Waals surface area contributed by atoms with Crippen LogP contribution in [0.4, 0.5) is 5.69 Å². The number of para-hydroxylation sites is 1. The predicted octanol–water partition coefficient (Wildman–Crippen LogP) is 6.10.